The van der Waals surface area contributed by atoms with Crippen LogP contribution in [0.3, 0.4) is 0 Å². The number of nitro groups is 1. The summed E-state index contributed by atoms with van der Waals surface area (Å²) in [6.07, 6.45) is 0.889. The van der Waals surface area contributed by atoms with Crippen molar-refractivity contribution in [1.82, 2.24) is 15.1 Å². The minimum atomic E-state index is -0.403. The molecule has 8 heteroatoms. The van der Waals surface area contributed by atoms with Gasteiger partial charge in [0.1, 0.15) is 11.4 Å². The largest absolute Gasteiger partial charge is 0.352 e. The van der Waals surface area contributed by atoms with E-state index < -0.39 is 4.92 Å². The molecule has 1 aromatic heterocycles. The van der Waals surface area contributed by atoms with Crippen LogP contribution < -0.4 is 5.32 Å². The number of nitrogens with one attached hydrogen (secondary N) is 1. The van der Waals surface area contributed by atoms with E-state index in [-0.39, 0.29) is 11.6 Å². The first-order valence-corrected chi connectivity index (χ1v) is 10.7. The predicted molar refractivity (Wildman–Crippen MR) is 118 cm³/mol. The Bertz CT molecular complexity index is 1020. The van der Waals surface area contributed by atoms with Crippen molar-refractivity contribution in [2.45, 2.75) is 31.7 Å². The van der Waals surface area contributed by atoms with E-state index in [2.05, 4.69) is 22.5 Å². The first-order valence-electron chi connectivity index (χ1n) is 9.69. The number of amides is 1. The molecule has 7 nitrogen and oxygen atoms in total. The second-order valence-corrected chi connectivity index (χ2v) is 8.07. The normalized spacial score (nSPS) is 10.7. The van der Waals surface area contributed by atoms with E-state index in [4.69, 9.17) is 0 Å². The number of thioether (sulfide) groups is 1. The second-order valence-electron chi connectivity index (χ2n) is 6.90. The van der Waals surface area contributed by atoms with Gasteiger partial charge in [-0.15, -0.1) is 11.8 Å². The highest BCUT2D eigenvalue weighted by Crippen LogP contribution is 2.22. The molecule has 1 heterocycles. The molecule has 1 N–H and O–H groups in total. The van der Waals surface area contributed by atoms with Gasteiger partial charge in [0.15, 0.2) is 0 Å². The monoisotopic (exact) mass is 424 g/mol. The van der Waals surface area contributed by atoms with Crippen molar-refractivity contribution in [3.8, 4) is 0 Å². The van der Waals surface area contributed by atoms with E-state index in [1.807, 2.05) is 30.3 Å². The molecule has 2 aromatic carbocycles. The van der Waals surface area contributed by atoms with Gasteiger partial charge in [-0.25, -0.2) is 0 Å². The average Bonchev–Trinajstić information content (AvgIpc) is 3.02. The third-order valence-corrected chi connectivity index (χ3v) is 5.79. The molecule has 0 spiro atoms. The molecule has 0 aliphatic rings. The van der Waals surface area contributed by atoms with Gasteiger partial charge >= 0.3 is 5.69 Å². The zero-order valence-corrected chi connectivity index (χ0v) is 17.8. The summed E-state index contributed by atoms with van der Waals surface area (Å²) in [5, 5.41) is 18.3. The van der Waals surface area contributed by atoms with E-state index in [0.29, 0.717) is 30.0 Å². The molecule has 0 saturated heterocycles. The third kappa shape index (κ3) is 5.48. The highest BCUT2D eigenvalue weighted by atomic mass is 32.2. The van der Waals surface area contributed by atoms with Gasteiger partial charge in [0, 0.05) is 17.0 Å². The van der Waals surface area contributed by atoms with Crippen LogP contribution in [0.15, 0.2) is 59.5 Å². The maximum atomic E-state index is 12.3. The summed E-state index contributed by atoms with van der Waals surface area (Å²) < 4.78 is 1.62. The fourth-order valence-electron chi connectivity index (χ4n) is 3.12. The summed E-state index contributed by atoms with van der Waals surface area (Å²) >= 11 is 1.77. The van der Waals surface area contributed by atoms with Crippen LogP contribution in [-0.2, 0) is 6.54 Å². The molecule has 0 unspecified atom stereocenters. The van der Waals surface area contributed by atoms with Gasteiger partial charge in [-0.3, -0.25) is 19.6 Å². The fourth-order valence-corrected chi connectivity index (χ4v) is 4.00. The minimum absolute atomic E-state index is 0.0522. The van der Waals surface area contributed by atoms with Crippen molar-refractivity contribution >= 4 is 23.4 Å². The van der Waals surface area contributed by atoms with Gasteiger partial charge in [-0.1, -0.05) is 30.3 Å². The molecule has 30 heavy (non-hydrogen) atoms. The Morgan fingerprint density at radius 1 is 1.13 bits per heavy atom. The van der Waals surface area contributed by atoms with E-state index in [0.717, 1.165) is 17.7 Å². The molecule has 0 saturated carbocycles. The van der Waals surface area contributed by atoms with Crippen molar-refractivity contribution in [2.75, 3.05) is 12.3 Å². The van der Waals surface area contributed by atoms with Crippen molar-refractivity contribution in [2.24, 2.45) is 0 Å². The van der Waals surface area contributed by atoms with E-state index >= 15 is 0 Å². The predicted octanol–water partition coefficient (Wildman–Crippen LogP) is 4.37. The Morgan fingerprint density at radius 2 is 1.83 bits per heavy atom. The molecule has 0 aliphatic carbocycles. The standard InChI is InChI=1S/C22H24N4O3S/c1-16-21(26(28)29)17(2)25(24-16)15-18-9-11-19(12-10-18)22(27)23-13-6-14-30-20-7-4-3-5-8-20/h3-5,7-12H,6,13-15H2,1-2H3,(H,23,27). The lowest BCUT2D eigenvalue weighted by Gasteiger charge is -2.07. The number of carbonyl (C=O) groups excluding carboxylic acids is 1. The molecule has 0 fully saturated rings. The lowest BCUT2D eigenvalue weighted by molar-refractivity contribution is -0.386. The Labute approximate surface area is 179 Å². The number of aromatic nitrogens is 2. The highest BCUT2D eigenvalue weighted by molar-refractivity contribution is 7.99. The summed E-state index contributed by atoms with van der Waals surface area (Å²) in [6, 6.07) is 17.4. The van der Waals surface area contributed by atoms with Crippen molar-refractivity contribution in [1.29, 1.82) is 0 Å². The number of benzene rings is 2. The molecular formula is C22H24N4O3S. The highest BCUT2D eigenvalue weighted by Gasteiger charge is 2.21. The van der Waals surface area contributed by atoms with Crippen molar-refractivity contribution < 1.29 is 9.72 Å². The first kappa shape index (κ1) is 21.6. The van der Waals surface area contributed by atoms with Crippen LogP contribution in [0.25, 0.3) is 0 Å². The van der Waals surface area contributed by atoms with Crippen LogP contribution >= 0.6 is 11.8 Å². The number of hydrogen-bond donors (Lipinski definition) is 1. The summed E-state index contributed by atoms with van der Waals surface area (Å²) in [5.41, 5.74) is 2.49. The lowest BCUT2D eigenvalue weighted by Crippen LogP contribution is -2.24. The lowest BCUT2D eigenvalue weighted by atomic mass is 10.1. The van der Waals surface area contributed by atoms with Gasteiger partial charge in [-0.05, 0) is 55.9 Å². The molecule has 1 amide bonds. The number of nitrogens with zero attached hydrogens (tertiary/aromatic N) is 3. The van der Waals surface area contributed by atoms with Gasteiger partial charge in [0.25, 0.3) is 5.91 Å². The minimum Gasteiger partial charge on any atom is -0.352 e. The summed E-state index contributed by atoms with van der Waals surface area (Å²) in [4.78, 5) is 24.3. The molecule has 0 aliphatic heterocycles. The SMILES string of the molecule is Cc1nn(Cc2ccc(C(=O)NCCCSc3ccccc3)cc2)c(C)c1[N+](=O)[O-]. The van der Waals surface area contributed by atoms with Crippen LogP contribution in [0.2, 0.25) is 0 Å². The number of aryl methyl sites for hydroxylation is 1. The quantitative estimate of drug-likeness (QED) is 0.238. The molecule has 3 rings (SSSR count). The van der Waals surface area contributed by atoms with Crippen molar-refractivity contribution in [3.05, 3.63) is 87.2 Å². The Morgan fingerprint density at radius 3 is 2.47 bits per heavy atom. The molecule has 0 bridgehead atoms. The Kier molecular flexibility index (Phi) is 7.24. The van der Waals surface area contributed by atoms with Gasteiger partial charge in [0.05, 0.1) is 11.5 Å². The van der Waals surface area contributed by atoms with Crippen LogP contribution in [-0.4, -0.2) is 32.9 Å². The first-order chi connectivity index (χ1) is 14.5. The topological polar surface area (TPSA) is 90.1 Å². The van der Waals surface area contributed by atoms with Crippen LogP contribution in [0.5, 0.6) is 0 Å². The Hall–Kier alpha value is -3.13. The number of carbonyl (C=O) groups is 1. The number of rotatable bonds is 9. The molecule has 0 atom stereocenters. The van der Waals surface area contributed by atoms with Gasteiger partial charge in [0.2, 0.25) is 0 Å². The van der Waals surface area contributed by atoms with E-state index in [1.165, 1.54) is 4.90 Å². The summed E-state index contributed by atoms with van der Waals surface area (Å²) in [7, 11) is 0. The summed E-state index contributed by atoms with van der Waals surface area (Å²) in [5.74, 6) is 0.839. The fraction of sp³-hybridized carbons (Fsp3) is 0.273. The van der Waals surface area contributed by atoms with Gasteiger partial charge in [-0.2, -0.15) is 5.10 Å². The second kappa shape index (κ2) is 10.1. The maximum Gasteiger partial charge on any atom is 0.312 e. The molecule has 156 valence electrons. The van der Waals surface area contributed by atoms with Crippen molar-refractivity contribution in [3.63, 3.8) is 0 Å². The summed E-state index contributed by atoms with van der Waals surface area (Å²) in [6.45, 7) is 4.36. The molecule has 0 radical (unpaired) electrons. The maximum absolute atomic E-state index is 12.3. The average molecular weight is 425 g/mol. The third-order valence-electron chi connectivity index (χ3n) is 4.69. The van der Waals surface area contributed by atoms with Gasteiger partial charge < -0.3 is 5.32 Å². The van der Waals surface area contributed by atoms with Crippen LogP contribution in [0.1, 0.15) is 33.7 Å². The zero-order valence-electron chi connectivity index (χ0n) is 17.0. The van der Waals surface area contributed by atoms with Crippen LogP contribution in [0.4, 0.5) is 5.69 Å². The van der Waals surface area contributed by atoms with E-state index in [1.54, 1.807) is 42.4 Å². The Balaban J connectivity index is 1.48. The zero-order chi connectivity index (χ0) is 21.5. The smallest absolute Gasteiger partial charge is 0.312 e. The number of hydrogen-bond acceptors (Lipinski definition) is 5. The van der Waals surface area contributed by atoms with E-state index in [9.17, 15) is 14.9 Å². The molecule has 3 aromatic rings. The molecular weight excluding hydrogens is 400 g/mol. The van der Waals surface area contributed by atoms with Crippen LogP contribution in [0, 0.1) is 24.0 Å².